The van der Waals surface area contributed by atoms with E-state index in [1.807, 2.05) is 6.92 Å². The molecule has 1 aromatic heterocycles. The zero-order valence-electron chi connectivity index (χ0n) is 10.9. The maximum absolute atomic E-state index is 13.1. The molecular weight excluding hydrogens is 291 g/mol. The van der Waals surface area contributed by atoms with Crippen LogP contribution in [0.25, 0.3) is 5.69 Å². The van der Waals surface area contributed by atoms with Gasteiger partial charge in [0.15, 0.2) is 0 Å². The molecule has 0 saturated heterocycles. The summed E-state index contributed by atoms with van der Waals surface area (Å²) in [4.78, 5) is 4.17. The van der Waals surface area contributed by atoms with Crippen LogP contribution in [0.15, 0.2) is 24.4 Å². The van der Waals surface area contributed by atoms with Gasteiger partial charge in [-0.3, -0.25) is 4.57 Å². The van der Waals surface area contributed by atoms with E-state index in [1.54, 1.807) is 13.1 Å². The topological polar surface area (TPSA) is 29.9 Å². The summed E-state index contributed by atoms with van der Waals surface area (Å²) in [6, 6.07) is 3.69. The zero-order chi connectivity index (χ0) is 14.9. The van der Waals surface area contributed by atoms with Crippen LogP contribution in [-0.2, 0) is 6.18 Å². The maximum atomic E-state index is 13.1. The molecule has 2 rings (SSSR count). The van der Waals surface area contributed by atoms with Crippen LogP contribution in [0, 0.1) is 6.92 Å². The fourth-order valence-corrected chi connectivity index (χ4v) is 2.08. The van der Waals surface area contributed by atoms with Gasteiger partial charge in [-0.1, -0.05) is 11.6 Å². The van der Waals surface area contributed by atoms with Crippen molar-refractivity contribution in [2.45, 2.75) is 20.0 Å². The molecule has 108 valence electrons. The van der Waals surface area contributed by atoms with E-state index < -0.39 is 11.7 Å². The minimum absolute atomic E-state index is 0.00144. The van der Waals surface area contributed by atoms with Crippen molar-refractivity contribution >= 4 is 17.5 Å². The van der Waals surface area contributed by atoms with Crippen molar-refractivity contribution in [1.82, 2.24) is 9.55 Å². The van der Waals surface area contributed by atoms with Crippen LogP contribution in [0.5, 0.6) is 0 Å². The number of nitrogens with one attached hydrogen (secondary N) is 1. The molecule has 1 aromatic carbocycles. The molecule has 0 unspecified atom stereocenters. The molecule has 0 fully saturated rings. The quantitative estimate of drug-likeness (QED) is 0.917. The summed E-state index contributed by atoms with van der Waals surface area (Å²) in [6.07, 6.45) is -2.93. The molecule has 0 spiro atoms. The molecule has 0 aliphatic carbocycles. The van der Waals surface area contributed by atoms with Gasteiger partial charge >= 0.3 is 6.18 Å². The van der Waals surface area contributed by atoms with Gasteiger partial charge in [-0.15, -0.1) is 0 Å². The molecule has 0 saturated carbocycles. The minimum Gasteiger partial charge on any atom is -0.356 e. The smallest absolute Gasteiger partial charge is 0.356 e. The summed E-state index contributed by atoms with van der Waals surface area (Å²) in [5, 5.41) is 2.98. The molecule has 0 atom stereocenters. The molecule has 7 heteroatoms. The molecule has 0 amide bonds. The second-order valence-corrected chi connectivity index (χ2v) is 4.70. The van der Waals surface area contributed by atoms with E-state index in [-0.39, 0.29) is 10.7 Å². The van der Waals surface area contributed by atoms with E-state index in [4.69, 9.17) is 11.6 Å². The Kier molecular flexibility index (Phi) is 3.94. The first-order valence-electron chi connectivity index (χ1n) is 6.00. The third kappa shape index (κ3) is 2.90. The Balaban J connectivity index is 2.63. The van der Waals surface area contributed by atoms with Gasteiger partial charge in [0.2, 0.25) is 5.95 Å². The molecule has 20 heavy (non-hydrogen) atoms. The van der Waals surface area contributed by atoms with Crippen LogP contribution in [-0.4, -0.2) is 16.1 Å². The molecule has 0 bridgehead atoms. The zero-order valence-corrected chi connectivity index (χ0v) is 11.7. The van der Waals surface area contributed by atoms with Crippen LogP contribution < -0.4 is 5.32 Å². The number of aryl methyl sites for hydroxylation is 1. The second-order valence-electron chi connectivity index (χ2n) is 4.27. The summed E-state index contributed by atoms with van der Waals surface area (Å²) in [6.45, 7) is 4.13. The van der Waals surface area contributed by atoms with E-state index in [9.17, 15) is 13.2 Å². The van der Waals surface area contributed by atoms with Crippen LogP contribution in [0.3, 0.4) is 0 Å². The summed E-state index contributed by atoms with van der Waals surface area (Å²) >= 11 is 5.68. The minimum atomic E-state index is -4.48. The van der Waals surface area contributed by atoms with Gasteiger partial charge in [0, 0.05) is 17.8 Å². The van der Waals surface area contributed by atoms with Gasteiger partial charge in [-0.2, -0.15) is 13.2 Å². The predicted octanol–water partition coefficient (Wildman–Crippen LogP) is 4.28. The third-order valence-corrected chi connectivity index (χ3v) is 2.92. The second kappa shape index (κ2) is 5.36. The molecule has 0 aliphatic heterocycles. The first kappa shape index (κ1) is 14.7. The molecule has 1 heterocycles. The highest BCUT2D eigenvalue weighted by Crippen LogP contribution is 2.36. The van der Waals surface area contributed by atoms with Crippen molar-refractivity contribution in [1.29, 1.82) is 0 Å². The summed E-state index contributed by atoms with van der Waals surface area (Å²) in [5.41, 5.74) is -0.163. The van der Waals surface area contributed by atoms with Crippen molar-refractivity contribution in [2.24, 2.45) is 0 Å². The first-order valence-corrected chi connectivity index (χ1v) is 6.37. The van der Waals surface area contributed by atoms with E-state index in [2.05, 4.69) is 10.3 Å². The lowest BCUT2D eigenvalue weighted by Gasteiger charge is -2.15. The third-order valence-electron chi connectivity index (χ3n) is 2.68. The van der Waals surface area contributed by atoms with Gasteiger partial charge in [-0.05, 0) is 32.0 Å². The van der Waals surface area contributed by atoms with Gasteiger partial charge in [0.05, 0.1) is 16.9 Å². The fourth-order valence-electron chi connectivity index (χ4n) is 1.91. The van der Waals surface area contributed by atoms with E-state index in [0.717, 1.165) is 6.07 Å². The van der Waals surface area contributed by atoms with E-state index in [1.165, 1.54) is 16.7 Å². The number of rotatable bonds is 3. The number of alkyl halides is 3. The standard InChI is InChI=1S/C13H13ClF3N3/c1-3-18-12-19-8(2)7-20(12)11-5-4-9(14)6-10(11)13(15,16)17/h4-7H,3H2,1-2H3,(H,18,19). The maximum Gasteiger partial charge on any atom is 0.418 e. The lowest BCUT2D eigenvalue weighted by molar-refractivity contribution is -0.137. The van der Waals surface area contributed by atoms with E-state index >= 15 is 0 Å². The number of aromatic nitrogens is 2. The molecule has 2 aromatic rings. The van der Waals surface area contributed by atoms with Crippen LogP contribution >= 0.6 is 11.6 Å². The first-order chi connectivity index (χ1) is 9.32. The van der Waals surface area contributed by atoms with Crippen molar-refractivity contribution in [3.05, 3.63) is 40.7 Å². The lowest BCUT2D eigenvalue weighted by atomic mass is 10.1. The number of hydrogen-bond donors (Lipinski definition) is 1. The highest BCUT2D eigenvalue weighted by Gasteiger charge is 2.34. The molecule has 1 N–H and O–H groups in total. The Bertz CT molecular complexity index is 620. The largest absolute Gasteiger partial charge is 0.418 e. The van der Waals surface area contributed by atoms with Crippen LogP contribution in [0.4, 0.5) is 19.1 Å². The Morgan fingerprint density at radius 2 is 2.05 bits per heavy atom. The number of benzene rings is 1. The highest BCUT2D eigenvalue weighted by molar-refractivity contribution is 6.30. The molecule has 0 radical (unpaired) electrons. The molecular formula is C13H13ClF3N3. The van der Waals surface area contributed by atoms with E-state index in [0.29, 0.717) is 18.2 Å². The van der Waals surface area contributed by atoms with Crippen molar-refractivity contribution in [2.75, 3.05) is 11.9 Å². The Morgan fingerprint density at radius 1 is 1.35 bits per heavy atom. The molecule has 3 nitrogen and oxygen atoms in total. The molecule has 0 aliphatic rings. The van der Waals surface area contributed by atoms with Crippen LogP contribution in [0.1, 0.15) is 18.2 Å². The lowest BCUT2D eigenvalue weighted by Crippen LogP contribution is -2.12. The average molecular weight is 304 g/mol. The van der Waals surface area contributed by atoms with Crippen molar-refractivity contribution in [3.8, 4) is 5.69 Å². The summed E-state index contributed by atoms with van der Waals surface area (Å²) in [5.74, 6) is 0.373. The Morgan fingerprint density at radius 3 is 2.65 bits per heavy atom. The fraction of sp³-hybridized carbons (Fsp3) is 0.308. The summed E-state index contributed by atoms with van der Waals surface area (Å²) < 4.78 is 40.8. The highest BCUT2D eigenvalue weighted by atomic mass is 35.5. The van der Waals surface area contributed by atoms with Crippen molar-refractivity contribution in [3.63, 3.8) is 0 Å². The van der Waals surface area contributed by atoms with Gasteiger partial charge < -0.3 is 5.32 Å². The van der Waals surface area contributed by atoms with Gasteiger partial charge in [0.1, 0.15) is 0 Å². The number of imidazole rings is 1. The monoisotopic (exact) mass is 303 g/mol. The van der Waals surface area contributed by atoms with Gasteiger partial charge in [0.25, 0.3) is 0 Å². The predicted molar refractivity (Wildman–Crippen MR) is 72.5 cm³/mol. The SMILES string of the molecule is CCNc1nc(C)cn1-c1ccc(Cl)cc1C(F)(F)F. The number of nitrogens with zero attached hydrogens (tertiary/aromatic N) is 2. The van der Waals surface area contributed by atoms with Crippen molar-refractivity contribution < 1.29 is 13.2 Å². The number of anilines is 1. The Labute approximate surface area is 119 Å². The number of halogens is 4. The average Bonchev–Trinajstić information content (AvgIpc) is 2.69. The Hall–Kier alpha value is -1.69. The van der Waals surface area contributed by atoms with Gasteiger partial charge in [-0.25, -0.2) is 4.98 Å². The summed E-state index contributed by atoms with van der Waals surface area (Å²) in [7, 11) is 0. The number of hydrogen-bond acceptors (Lipinski definition) is 2. The normalized spacial score (nSPS) is 11.7. The van der Waals surface area contributed by atoms with Crippen LogP contribution in [0.2, 0.25) is 5.02 Å².